The highest BCUT2D eigenvalue weighted by Crippen LogP contribution is 2.37. The number of hydrogen-bond acceptors (Lipinski definition) is 5. The largest absolute Gasteiger partial charge is 0.456 e. The number of hydrogen-bond donors (Lipinski definition) is 2. The van der Waals surface area contributed by atoms with Crippen molar-refractivity contribution in [1.29, 1.82) is 0 Å². The lowest BCUT2D eigenvalue weighted by molar-refractivity contribution is -0.384. The summed E-state index contributed by atoms with van der Waals surface area (Å²) in [6.45, 7) is 1.56. The minimum Gasteiger partial charge on any atom is -0.456 e. The molecule has 6 nitrogen and oxygen atoms in total. The van der Waals surface area contributed by atoms with Gasteiger partial charge in [-0.2, -0.15) is 13.2 Å². The first-order chi connectivity index (χ1) is 12.1. The highest BCUT2D eigenvalue weighted by atomic mass is 35.5. The average Bonchev–Trinajstić information content (AvgIpc) is 2.53. The number of nitrogens with zero attached hydrogens (tertiary/aromatic N) is 1. The Morgan fingerprint density at radius 1 is 1.31 bits per heavy atom. The third-order valence-corrected chi connectivity index (χ3v) is 3.54. The third kappa shape index (κ3) is 4.99. The number of ether oxygens (including phenoxy) is 1. The number of nitro benzene ring substituents is 1. The molecule has 2 rings (SSSR count). The van der Waals surface area contributed by atoms with Crippen LogP contribution >= 0.6 is 11.6 Å². The van der Waals surface area contributed by atoms with E-state index in [-0.39, 0.29) is 34.4 Å². The number of benzene rings is 2. The first kappa shape index (κ1) is 19.8. The van der Waals surface area contributed by atoms with E-state index >= 15 is 0 Å². The molecule has 26 heavy (non-hydrogen) atoms. The molecule has 1 atom stereocenters. The van der Waals surface area contributed by atoms with E-state index in [9.17, 15) is 28.4 Å². The Morgan fingerprint density at radius 2 is 2.00 bits per heavy atom. The topological polar surface area (TPSA) is 84.6 Å². The third-order valence-electron chi connectivity index (χ3n) is 3.24. The molecule has 0 aromatic heterocycles. The van der Waals surface area contributed by atoms with Gasteiger partial charge in [-0.15, -0.1) is 0 Å². The summed E-state index contributed by atoms with van der Waals surface area (Å²) in [7, 11) is 0. The fourth-order valence-corrected chi connectivity index (χ4v) is 2.24. The van der Waals surface area contributed by atoms with Gasteiger partial charge in [-0.05, 0) is 31.2 Å². The monoisotopic (exact) mass is 390 g/mol. The van der Waals surface area contributed by atoms with E-state index in [2.05, 4.69) is 5.32 Å². The number of aliphatic hydroxyl groups excluding tert-OH is 1. The number of halogens is 4. The molecule has 0 bridgehead atoms. The molecular formula is C16H14ClF3N2O4. The summed E-state index contributed by atoms with van der Waals surface area (Å²) >= 11 is 5.83. The van der Waals surface area contributed by atoms with Gasteiger partial charge in [-0.25, -0.2) is 0 Å². The van der Waals surface area contributed by atoms with Crippen molar-refractivity contribution in [3.05, 3.63) is 57.1 Å². The minimum absolute atomic E-state index is 0.0324. The zero-order valence-corrected chi connectivity index (χ0v) is 14.1. The van der Waals surface area contributed by atoms with Crippen molar-refractivity contribution in [2.24, 2.45) is 0 Å². The van der Waals surface area contributed by atoms with Crippen LogP contribution in [0.2, 0.25) is 5.02 Å². The maximum Gasteiger partial charge on any atom is 0.416 e. The predicted octanol–water partition coefficient (Wildman–Crippen LogP) is 4.85. The first-order valence-corrected chi connectivity index (χ1v) is 7.70. The van der Waals surface area contributed by atoms with Crippen molar-refractivity contribution in [2.75, 3.05) is 11.9 Å². The molecule has 0 aliphatic rings. The second kappa shape index (κ2) is 7.79. The van der Waals surface area contributed by atoms with Crippen molar-refractivity contribution in [1.82, 2.24) is 0 Å². The van der Waals surface area contributed by atoms with Gasteiger partial charge in [0, 0.05) is 18.7 Å². The van der Waals surface area contributed by atoms with Crippen LogP contribution in [0.25, 0.3) is 0 Å². The van der Waals surface area contributed by atoms with Crippen LogP contribution in [0.5, 0.6) is 11.5 Å². The minimum atomic E-state index is -4.53. The quantitative estimate of drug-likeness (QED) is 0.544. The molecule has 0 heterocycles. The van der Waals surface area contributed by atoms with E-state index in [1.165, 1.54) is 25.1 Å². The molecule has 0 saturated carbocycles. The van der Waals surface area contributed by atoms with Crippen LogP contribution in [0.3, 0.4) is 0 Å². The summed E-state index contributed by atoms with van der Waals surface area (Å²) in [4.78, 5) is 10.4. The highest BCUT2D eigenvalue weighted by Gasteiger charge is 2.31. The van der Waals surface area contributed by atoms with E-state index < -0.39 is 22.8 Å². The maximum atomic E-state index is 12.7. The maximum absolute atomic E-state index is 12.7. The van der Waals surface area contributed by atoms with E-state index in [0.29, 0.717) is 0 Å². The van der Waals surface area contributed by atoms with Crippen LogP contribution < -0.4 is 10.1 Å². The second-order valence-corrected chi connectivity index (χ2v) is 5.82. The van der Waals surface area contributed by atoms with Crippen molar-refractivity contribution in [3.8, 4) is 11.5 Å². The van der Waals surface area contributed by atoms with E-state index in [4.69, 9.17) is 16.3 Å². The SMILES string of the molecule is CC(O)CNc1cc(Oc2ccc(C(F)(F)F)cc2Cl)ccc1[N+](=O)[O-]. The highest BCUT2D eigenvalue weighted by molar-refractivity contribution is 6.32. The number of rotatable bonds is 6. The zero-order valence-electron chi connectivity index (χ0n) is 13.4. The van der Waals surface area contributed by atoms with E-state index in [1.54, 1.807) is 0 Å². The lowest BCUT2D eigenvalue weighted by Gasteiger charge is -2.13. The van der Waals surface area contributed by atoms with Crippen molar-refractivity contribution in [3.63, 3.8) is 0 Å². The molecule has 10 heteroatoms. The van der Waals surface area contributed by atoms with Crippen molar-refractivity contribution in [2.45, 2.75) is 19.2 Å². The Kier molecular flexibility index (Phi) is 5.94. The summed E-state index contributed by atoms with van der Waals surface area (Å²) in [5.74, 6) is 0.0975. The number of alkyl halides is 3. The average molecular weight is 391 g/mol. The van der Waals surface area contributed by atoms with Gasteiger partial charge in [0.05, 0.1) is 21.6 Å². The molecule has 2 aromatic rings. The van der Waals surface area contributed by atoms with Gasteiger partial charge in [0.25, 0.3) is 5.69 Å². The van der Waals surface area contributed by atoms with Gasteiger partial charge < -0.3 is 15.2 Å². The summed E-state index contributed by atoms with van der Waals surface area (Å²) in [6.07, 6.45) is -5.28. The Balaban J connectivity index is 2.29. The van der Waals surface area contributed by atoms with E-state index in [1.807, 2.05) is 0 Å². The molecule has 0 aliphatic heterocycles. The smallest absolute Gasteiger partial charge is 0.416 e. The van der Waals surface area contributed by atoms with Crippen LogP contribution in [0.4, 0.5) is 24.5 Å². The Bertz CT molecular complexity index is 813. The van der Waals surface area contributed by atoms with Crippen molar-refractivity contribution >= 4 is 23.0 Å². The second-order valence-electron chi connectivity index (χ2n) is 5.41. The molecule has 2 aromatic carbocycles. The van der Waals surface area contributed by atoms with Gasteiger partial charge in [0.1, 0.15) is 17.2 Å². The molecule has 1 unspecified atom stereocenters. The standard InChI is InChI=1S/C16H14ClF3N2O4/c1-9(23)8-21-13-7-11(3-4-14(13)22(24)25)26-15-5-2-10(6-12(15)17)16(18,19)20/h2-7,9,21,23H,8H2,1H3. The summed E-state index contributed by atoms with van der Waals surface area (Å²) < 4.78 is 43.4. The summed E-state index contributed by atoms with van der Waals surface area (Å²) in [5.41, 5.74) is -1.06. The molecule has 0 radical (unpaired) electrons. The van der Waals surface area contributed by atoms with Gasteiger partial charge in [-0.1, -0.05) is 11.6 Å². The van der Waals surface area contributed by atoms with Crippen LogP contribution in [0.15, 0.2) is 36.4 Å². The molecular weight excluding hydrogens is 377 g/mol. The predicted molar refractivity (Wildman–Crippen MR) is 89.8 cm³/mol. The fourth-order valence-electron chi connectivity index (χ4n) is 2.02. The number of nitro groups is 1. The van der Waals surface area contributed by atoms with Gasteiger partial charge in [0.2, 0.25) is 0 Å². The Morgan fingerprint density at radius 3 is 2.54 bits per heavy atom. The molecule has 0 aliphatic carbocycles. The molecule has 0 fully saturated rings. The molecule has 2 N–H and O–H groups in total. The summed E-state index contributed by atoms with van der Waals surface area (Å²) in [6, 6.07) is 6.38. The van der Waals surface area contributed by atoms with Gasteiger partial charge in [-0.3, -0.25) is 10.1 Å². The lowest BCUT2D eigenvalue weighted by Crippen LogP contribution is -2.16. The Labute approximate surface area is 151 Å². The zero-order chi connectivity index (χ0) is 19.5. The van der Waals surface area contributed by atoms with Crippen LogP contribution in [-0.4, -0.2) is 22.7 Å². The Hall–Kier alpha value is -2.52. The molecule has 0 amide bonds. The fraction of sp³-hybridized carbons (Fsp3) is 0.250. The normalized spacial score (nSPS) is 12.5. The lowest BCUT2D eigenvalue weighted by atomic mass is 10.2. The molecule has 0 spiro atoms. The number of anilines is 1. The number of nitrogens with one attached hydrogen (secondary N) is 1. The molecule has 140 valence electrons. The summed E-state index contributed by atoms with van der Waals surface area (Å²) in [5, 5.41) is 22.8. The van der Waals surface area contributed by atoms with Crippen LogP contribution in [0, 0.1) is 10.1 Å². The van der Waals surface area contributed by atoms with Crippen LogP contribution in [-0.2, 0) is 6.18 Å². The van der Waals surface area contributed by atoms with Gasteiger partial charge >= 0.3 is 6.18 Å². The van der Waals surface area contributed by atoms with Crippen molar-refractivity contribution < 1.29 is 27.9 Å². The van der Waals surface area contributed by atoms with Gasteiger partial charge in [0.15, 0.2) is 0 Å². The molecule has 0 saturated heterocycles. The van der Waals surface area contributed by atoms with Crippen LogP contribution in [0.1, 0.15) is 12.5 Å². The van der Waals surface area contributed by atoms with E-state index in [0.717, 1.165) is 18.2 Å². The first-order valence-electron chi connectivity index (χ1n) is 7.33. The number of aliphatic hydroxyl groups is 1.